The van der Waals surface area contributed by atoms with Gasteiger partial charge in [-0.1, -0.05) is 6.07 Å². The van der Waals surface area contributed by atoms with Crippen molar-refractivity contribution in [3.8, 4) is 5.75 Å². The largest absolute Gasteiger partial charge is 0.497 e. The molecule has 0 bridgehead atoms. The first-order valence-corrected chi connectivity index (χ1v) is 9.43. The lowest BCUT2D eigenvalue weighted by Gasteiger charge is -2.49. The highest BCUT2D eigenvalue weighted by atomic mass is 16.5. The molecule has 1 fully saturated rings. The van der Waals surface area contributed by atoms with Crippen LogP contribution < -0.4 is 19.9 Å². The first-order chi connectivity index (χ1) is 13.2. The SMILES string of the molecule is CCNC(=O)[C@H]1Cc2ccc(OC)cc2N2CCN(c3cnccn3)C[C@H]12. The van der Waals surface area contributed by atoms with Gasteiger partial charge in [-0.15, -0.1) is 0 Å². The third kappa shape index (κ3) is 3.29. The van der Waals surface area contributed by atoms with Crippen molar-refractivity contribution in [1.29, 1.82) is 0 Å². The lowest BCUT2D eigenvalue weighted by atomic mass is 9.83. The summed E-state index contributed by atoms with van der Waals surface area (Å²) in [6, 6.07) is 6.25. The van der Waals surface area contributed by atoms with E-state index in [1.807, 2.05) is 13.0 Å². The number of anilines is 2. The average molecular weight is 367 g/mol. The molecule has 2 aromatic rings. The van der Waals surface area contributed by atoms with E-state index in [1.54, 1.807) is 25.7 Å². The molecule has 0 radical (unpaired) electrons. The number of amides is 1. The van der Waals surface area contributed by atoms with Crippen molar-refractivity contribution in [3.63, 3.8) is 0 Å². The van der Waals surface area contributed by atoms with E-state index >= 15 is 0 Å². The molecule has 2 aliphatic heterocycles. The van der Waals surface area contributed by atoms with Crippen LogP contribution in [0.25, 0.3) is 0 Å². The van der Waals surface area contributed by atoms with E-state index in [-0.39, 0.29) is 17.9 Å². The number of ether oxygens (including phenoxy) is 1. The number of nitrogens with one attached hydrogen (secondary N) is 1. The third-order valence-corrected chi connectivity index (χ3v) is 5.49. The van der Waals surface area contributed by atoms with Gasteiger partial charge in [-0.2, -0.15) is 0 Å². The number of hydrogen-bond donors (Lipinski definition) is 1. The van der Waals surface area contributed by atoms with Crippen LogP contribution >= 0.6 is 0 Å². The summed E-state index contributed by atoms with van der Waals surface area (Å²) in [4.78, 5) is 26.1. The van der Waals surface area contributed by atoms with Gasteiger partial charge >= 0.3 is 0 Å². The Kier molecular flexibility index (Phi) is 4.83. The Balaban J connectivity index is 1.68. The third-order valence-electron chi connectivity index (χ3n) is 5.49. The average Bonchev–Trinajstić information content (AvgIpc) is 2.73. The number of nitrogens with zero attached hydrogens (tertiary/aromatic N) is 4. The Hall–Kier alpha value is -2.83. The minimum Gasteiger partial charge on any atom is -0.497 e. The maximum absolute atomic E-state index is 12.8. The van der Waals surface area contributed by atoms with Crippen LogP contribution in [-0.4, -0.2) is 55.2 Å². The standard InChI is InChI=1S/C20H25N5O2/c1-3-22-20(26)16-10-14-4-5-15(27-2)11-17(14)25-9-8-24(13-18(16)25)19-12-21-6-7-23-19/h4-7,11-12,16,18H,3,8-10,13H2,1-2H3,(H,22,26)/t16-,18+/m0/s1. The molecule has 27 heavy (non-hydrogen) atoms. The second-order valence-corrected chi connectivity index (χ2v) is 6.97. The van der Waals surface area contributed by atoms with E-state index < -0.39 is 0 Å². The summed E-state index contributed by atoms with van der Waals surface area (Å²) in [5, 5.41) is 3.02. The van der Waals surface area contributed by atoms with Gasteiger partial charge in [0.2, 0.25) is 5.91 Å². The lowest BCUT2D eigenvalue weighted by Crippen LogP contribution is -2.61. The van der Waals surface area contributed by atoms with E-state index in [2.05, 4.69) is 37.2 Å². The highest BCUT2D eigenvalue weighted by Gasteiger charge is 2.41. The van der Waals surface area contributed by atoms with Crippen LogP contribution in [-0.2, 0) is 11.2 Å². The normalized spacial score (nSPS) is 21.3. The van der Waals surface area contributed by atoms with Gasteiger partial charge in [-0.3, -0.25) is 9.78 Å². The summed E-state index contributed by atoms with van der Waals surface area (Å²) in [5.41, 5.74) is 2.38. The maximum Gasteiger partial charge on any atom is 0.225 e. The molecule has 142 valence electrons. The van der Waals surface area contributed by atoms with Crippen LogP contribution in [0.5, 0.6) is 5.75 Å². The van der Waals surface area contributed by atoms with Crippen molar-refractivity contribution in [2.24, 2.45) is 5.92 Å². The van der Waals surface area contributed by atoms with Crippen LogP contribution in [0.3, 0.4) is 0 Å². The maximum atomic E-state index is 12.8. The molecule has 0 spiro atoms. The summed E-state index contributed by atoms with van der Waals surface area (Å²) >= 11 is 0. The second-order valence-electron chi connectivity index (χ2n) is 6.97. The van der Waals surface area contributed by atoms with Gasteiger partial charge in [-0.05, 0) is 25.0 Å². The molecule has 7 nitrogen and oxygen atoms in total. The van der Waals surface area contributed by atoms with Gasteiger partial charge < -0.3 is 19.9 Å². The van der Waals surface area contributed by atoms with Gasteiger partial charge in [0.05, 0.1) is 25.3 Å². The molecule has 1 saturated heterocycles. The molecule has 2 aliphatic rings. The number of rotatable bonds is 4. The first kappa shape index (κ1) is 17.6. The molecule has 1 amide bonds. The molecule has 4 rings (SSSR count). The number of methoxy groups -OCH3 is 1. The molecule has 3 heterocycles. The van der Waals surface area contributed by atoms with Crippen molar-refractivity contribution < 1.29 is 9.53 Å². The summed E-state index contributed by atoms with van der Waals surface area (Å²) in [5.74, 6) is 1.74. The van der Waals surface area contributed by atoms with Crippen molar-refractivity contribution >= 4 is 17.4 Å². The first-order valence-electron chi connectivity index (χ1n) is 9.43. The Labute approximate surface area is 159 Å². The van der Waals surface area contributed by atoms with Gasteiger partial charge in [0, 0.05) is 50.3 Å². The summed E-state index contributed by atoms with van der Waals surface area (Å²) < 4.78 is 5.43. The minimum absolute atomic E-state index is 0.0897. The van der Waals surface area contributed by atoms with Gasteiger partial charge in [-0.25, -0.2) is 4.98 Å². The molecule has 1 N–H and O–H groups in total. The molecule has 1 aromatic heterocycles. The Morgan fingerprint density at radius 2 is 2.22 bits per heavy atom. The lowest BCUT2D eigenvalue weighted by molar-refractivity contribution is -0.125. The van der Waals surface area contributed by atoms with Crippen LogP contribution in [0.15, 0.2) is 36.8 Å². The predicted octanol–water partition coefficient (Wildman–Crippen LogP) is 1.49. The van der Waals surface area contributed by atoms with E-state index in [9.17, 15) is 4.79 Å². The highest BCUT2D eigenvalue weighted by Crippen LogP contribution is 2.38. The molecule has 2 atom stereocenters. The zero-order valence-corrected chi connectivity index (χ0v) is 15.8. The summed E-state index contributed by atoms with van der Waals surface area (Å²) in [6.45, 7) is 5.03. The zero-order valence-electron chi connectivity index (χ0n) is 15.8. The monoisotopic (exact) mass is 367 g/mol. The van der Waals surface area contributed by atoms with E-state index in [1.165, 1.54) is 11.3 Å². The molecule has 0 aliphatic carbocycles. The number of benzene rings is 1. The smallest absolute Gasteiger partial charge is 0.225 e. The molecular formula is C20H25N5O2. The van der Waals surface area contributed by atoms with Crippen molar-refractivity contribution in [1.82, 2.24) is 15.3 Å². The van der Waals surface area contributed by atoms with E-state index in [4.69, 9.17) is 4.74 Å². The Bertz CT molecular complexity index is 813. The number of aromatic nitrogens is 2. The number of piperazine rings is 1. The zero-order chi connectivity index (χ0) is 18.8. The number of hydrogen-bond acceptors (Lipinski definition) is 6. The van der Waals surface area contributed by atoms with E-state index in [0.717, 1.165) is 37.6 Å². The van der Waals surface area contributed by atoms with Gasteiger partial charge in [0.25, 0.3) is 0 Å². The van der Waals surface area contributed by atoms with Gasteiger partial charge in [0.1, 0.15) is 11.6 Å². The van der Waals surface area contributed by atoms with Crippen LogP contribution in [0.2, 0.25) is 0 Å². The quantitative estimate of drug-likeness (QED) is 0.883. The molecule has 1 aromatic carbocycles. The number of fused-ring (bicyclic) bond motifs is 3. The fourth-order valence-electron chi connectivity index (χ4n) is 4.17. The molecular weight excluding hydrogens is 342 g/mol. The number of carbonyl (C=O) groups is 1. The molecule has 0 unspecified atom stereocenters. The van der Waals surface area contributed by atoms with Crippen molar-refractivity contribution in [2.45, 2.75) is 19.4 Å². The van der Waals surface area contributed by atoms with Crippen molar-refractivity contribution in [2.75, 3.05) is 43.1 Å². The summed E-state index contributed by atoms with van der Waals surface area (Å²) in [7, 11) is 1.69. The van der Waals surface area contributed by atoms with Crippen LogP contribution in [0.1, 0.15) is 12.5 Å². The predicted molar refractivity (Wildman–Crippen MR) is 104 cm³/mol. The van der Waals surface area contributed by atoms with Crippen molar-refractivity contribution in [3.05, 3.63) is 42.4 Å². The highest BCUT2D eigenvalue weighted by molar-refractivity contribution is 5.82. The Morgan fingerprint density at radius 3 is 2.96 bits per heavy atom. The fourth-order valence-corrected chi connectivity index (χ4v) is 4.17. The van der Waals surface area contributed by atoms with Gasteiger partial charge in [0.15, 0.2) is 0 Å². The topological polar surface area (TPSA) is 70.6 Å². The molecule has 7 heteroatoms. The number of carbonyl (C=O) groups excluding carboxylic acids is 1. The molecule has 0 saturated carbocycles. The summed E-state index contributed by atoms with van der Waals surface area (Å²) in [6.07, 6.45) is 5.92. The van der Waals surface area contributed by atoms with E-state index in [0.29, 0.717) is 6.54 Å². The minimum atomic E-state index is -0.0923. The van der Waals surface area contributed by atoms with Crippen LogP contribution in [0.4, 0.5) is 11.5 Å². The Morgan fingerprint density at radius 1 is 1.33 bits per heavy atom. The second kappa shape index (κ2) is 7.42. The fraction of sp³-hybridized carbons (Fsp3) is 0.450. The van der Waals surface area contributed by atoms with Crippen LogP contribution in [0, 0.1) is 5.92 Å².